The van der Waals surface area contributed by atoms with E-state index in [1.54, 1.807) is 11.3 Å². The van der Waals surface area contributed by atoms with Crippen LogP contribution in [0.4, 0.5) is 11.6 Å². The first-order chi connectivity index (χ1) is 16.3. The second-order valence-electron chi connectivity index (χ2n) is 8.01. The van der Waals surface area contributed by atoms with E-state index < -0.39 is 0 Å². The molecule has 0 bridgehead atoms. The van der Waals surface area contributed by atoms with Crippen LogP contribution in [0.1, 0.15) is 26.2 Å². The molecule has 0 spiro atoms. The largest absolute Gasteiger partial charge is 0.494 e. The van der Waals surface area contributed by atoms with Gasteiger partial charge in [-0.3, -0.25) is 0 Å². The second kappa shape index (κ2) is 10.1. The summed E-state index contributed by atoms with van der Waals surface area (Å²) in [5.41, 5.74) is 2.70. The third-order valence-electron chi connectivity index (χ3n) is 5.49. The third-order valence-corrected chi connectivity index (χ3v) is 6.29. The number of rotatable bonds is 8. The lowest BCUT2D eigenvalue weighted by molar-refractivity contribution is 0.163. The second-order valence-corrected chi connectivity index (χ2v) is 8.90. The summed E-state index contributed by atoms with van der Waals surface area (Å²) in [5, 5.41) is 10.6. The van der Waals surface area contributed by atoms with Gasteiger partial charge in [-0.2, -0.15) is 0 Å². The van der Waals surface area contributed by atoms with Crippen molar-refractivity contribution in [3.63, 3.8) is 0 Å². The van der Waals surface area contributed by atoms with E-state index in [2.05, 4.69) is 33.6 Å². The Morgan fingerprint density at radius 1 is 1.15 bits per heavy atom. The number of aromatic nitrogens is 3. The first-order valence-electron chi connectivity index (χ1n) is 11.4. The van der Waals surface area contributed by atoms with E-state index >= 15 is 0 Å². The summed E-state index contributed by atoms with van der Waals surface area (Å²) in [6.45, 7) is 4.73. The zero-order valence-electron chi connectivity index (χ0n) is 18.6. The molecular formula is C25H27N5O2S. The Hall–Kier alpha value is -3.23. The van der Waals surface area contributed by atoms with Gasteiger partial charge in [0, 0.05) is 41.0 Å². The van der Waals surface area contributed by atoms with E-state index in [0.29, 0.717) is 12.6 Å². The molecule has 0 radical (unpaired) electrons. The maximum atomic E-state index is 6.46. The number of nitrogens with one attached hydrogen (secondary N) is 2. The lowest BCUT2D eigenvalue weighted by Gasteiger charge is -2.25. The van der Waals surface area contributed by atoms with Gasteiger partial charge in [-0.1, -0.05) is 13.0 Å². The number of fused-ring (bicyclic) bond motifs is 1. The maximum Gasteiger partial charge on any atom is 0.227 e. The number of nitrogens with zero attached hydrogens (tertiary/aromatic N) is 3. The summed E-state index contributed by atoms with van der Waals surface area (Å²) in [5.74, 6) is 2.18. The van der Waals surface area contributed by atoms with E-state index in [1.165, 1.54) is 0 Å². The fourth-order valence-corrected chi connectivity index (χ4v) is 4.51. The number of piperidine rings is 1. The number of benzene rings is 2. The van der Waals surface area contributed by atoms with E-state index in [0.717, 1.165) is 71.0 Å². The number of hydrogen-bond donors (Lipinski definition) is 2. The molecule has 33 heavy (non-hydrogen) atoms. The van der Waals surface area contributed by atoms with Crippen molar-refractivity contribution in [3.8, 4) is 22.1 Å². The van der Waals surface area contributed by atoms with Gasteiger partial charge in [-0.05, 0) is 50.6 Å². The predicted octanol–water partition coefficient (Wildman–Crippen LogP) is 5.42. The zero-order valence-corrected chi connectivity index (χ0v) is 19.4. The molecule has 8 heteroatoms. The lowest BCUT2D eigenvalue weighted by atomic mass is 10.1. The van der Waals surface area contributed by atoms with Crippen LogP contribution in [0.15, 0.2) is 54.2 Å². The van der Waals surface area contributed by atoms with Crippen molar-refractivity contribution in [3.05, 3.63) is 54.2 Å². The first kappa shape index (κ1) is 21.6. The molecule has 2 N–H and O–H groups in total. The topological polar surface area (TPSA) is 81.2 Å². The van der Waals surface area contributed by atoms with E-state index in [1.807, 2.05) is 48.1 Å². The van der Waals surface area contributed by atoms with Crippen LogP contribution in [-0.4, -0.2) is 40.8 Å². The highest BCUT2D eigenvalue weighted by molar-refractivity contribution is 7.13. The van der Waals surface area contributed by atoms with Crippen LogP contribution < -0.4 is 20.1 Å². The Morgan fingerprint density at radius 2 is 2.06 bits per heavy atom. The van der Waals surface area contributed by atoms with Crippen LogP contribution >= 0.6 is 11.3 Å². The molecule has 5 rings (SSSR count). The summed E-state index contributed by atoms with van der Waals surface area (Å²) in [6.07, 6.45) is 6.79. The van der Waals surface area contributed by atoms with Crippen LogP contribution in [0.5, 0.6) is 11.5 Å². The molecule has 4 aromatic rings. The molecule has 0 amide bonds. The fourth-order valence-electron chi connectivity index (χ4n) is 3.85. The highest BCUT2D eigenvalue weighted by Gasteiger charge is 2.19. The number of anilines is 2. The summed E-state index contributed by atoms with van der Waals surface area (Å²) in [7, 11) is 0. The van der Waals surface area contributed by atoms with Gasteiger partial charge in [0.1, 0.15) is 22.6 Å². The Morgan fingerprint density at radius 3 is 2.88 bits per heavy atom. The molecule has 1 fully saturated rings. The summed E-state index contributed by atoms with van der Waals surface area (Å²) in [6, 6.07) is 11.9. The van der Waals surface area contributed by atoms with Gasteiger partial charge >= 0.3 is 0 Å². The van der Waals surface area contributed by atoms with Crippen LogP contribution in [0.3, 0.4) is 0 Å². The standard InChI is InChI=1S/C25H27N5O2S/c1-2-11-31-20-5-3-4-18(14-20)29-25-28-16-17-13-21(24-27-10-12-33-24)23(15-22(17)30-25)32-19-6-8-26-9-7-19/h3-5,10,12-16,19,26H,2,6-9,11H2,1H3,(H,28,29,30). The minimum atomic E-state index is 0.188. The Kier molecular flexibility index (Phi) is 6.64. The van der Waals surface area contributed by atoms with Crippen molar-refractivity contribution in [2.24, 2.45) is 0 Å². The third kappa shape index (κ3) is 5.23. The van der Waals surface area contributed by atoms with Crippen LogP contribution in [-0.2, 0) is 0 Å². The number of ether oxygens (including phenoxy) is 2. The van der Waals surface area contributed by atoms with Gasteiger partial charge in [0.25, 0.3) is 0 Å². The van der Waals surface area contributed by atoms with Crippen molar-refractivity contribution < 1.29 is 9.47 Å². The van der Waals surface area contributed by atoms with Gasteiger partial charge < -0.3 is 20.1 Å². The smallest absolute Gasteiger partial charge is 0.227 e. The molecule has 2 aromatic heterocycles. The minimum Gasteiger partial charge on any atom is -0.494 e. The Balaban J connectivity index is 1.45. The van der Waals surface area contributed by atoms with Crippen LogP contribution in [0.25, 0.3) is 21.5 Å². The van der Waals surface area contributed by atoms with E-state index in [-0.39, 0.29) is 6.10 Å². The average Bonchev–Trinajstić information content (AvgIpc) is 3.38. The van der Waals surface area contributed by atoms with E-state index in [9.17, 15) is 0 Å². The predicted molar refractivity (Wildman–Crippen MR) is 133 cm³/mol. The Bertz CT molecular complexity index is 1210. The molecule has 1 aliphatic rings. The SMILES string of the molecule is CCCOc1cccc(Nc2ncc3cc(-c4nccs4)c(OC4CCNCC4)cc3n2)c1. The summed E-state index contributed by atoms with van der Waals surface area (Å²) in [4.78, 5) is 13.8. The normalized spacial score (nSPS) is 14.3. The molecule has 2 aromatic carbocycles. The van der Waals surface area contributed by atoms with Gasteiger partial charge in [0.05, 0.1) is 17.7 Å². The van der Waals surface area contributed by atoms with Crippen molar-refractivity contribution in [1.82, 2.24) is 20.3 Å². The van der Waals surface area contributed by atoms with Gasteiger partial charge in [-0.15, -0.1) is 11.3 Å². The first-order valence-corrected chi connectivity index (χ1v) is 12.2. The summed E-state index contributed by atoms with van der Waals surface area (Å²) < 4.78 is 12.2. The molecule has 1 aliphatic heterocycles. The van der Waals surface area contributed by atoms with Gasteiger partial charge in [-0.25, -0.2) is 15.0 Å². The number of hydrogen-bond acceptors (Lipinski definition) is 8. The molecule has 0 aliphatic carbocycles. The van der Waals surface area contributed by atoms with Crippen LogP contribution in [0.2, 0.25) is 0 Å². The number of thiazole rings is 1. The maximum absolute atomic E-state index is 6.46. The summed E-state index contributed by atoms with van der Waals surface area (Å²) >= 11 is 1.60. The Labute approximate surface area is 197 Å². The van der Waals surface area contributed by atoms with Crippen molar-refractivity contribution >= 4 is 33.9 Å². The quantitative estimate of drug-likeness (QED) is 0.363. The highest BCUT2D eigenvalue weighted by Crippen LogP contribution is 2.36. The van der Waals surface area contributed by atoms with Crippen LogP contribution in [0, 0.1) is 0 Å². The molecule has 1 saturated heterocycles. The van der Waals surface area contributed by atoms with E-state index in [4.69, 9.17) is 14.5 Å². The molecule has 170 valence electrons. The molecular weight excluding hydrogens is 434 g/mol. The molecule has 0 saturated carbocycles. The van der Waals surface area contributed by atoms with Crippen molar-refractivity contribution in [2.75, 3.05) is 25.0 Å². The molecule has 7 nitrogen and oxygen atoms in total. The highest BCUT2D eigenvalue weighted by atomic mass is 32.1. The average molecular weight is 462 g/mol. The molecule has 3 heterocycles. The van der Waals surface area contributed by atoms with Gasteiger partial charge in [0.15, 0.2) is 0 Å². The van der Waals surface area contributed by atoms with Crippen molar-refractivity contribution in [2.45, 2.75) is 32.3 Å². The molecule has 0 unspecified atom stereocenters. The lowest BCUT2D eigenvalue weighted by Crippen LogP contribution is -2.34. The zero-order chi connectivity index (χ0) is 22.5. The van der Waals surface area contributed by atoms with Gasteiger partial charge in [0.2, 0.25) is 5.95 Å². The fraction of sp³-hybridized carbons (Fsp3) is 0.320. The molecule has 0 atom stereocenters. The van der Waals surface area contributed by atoms with Crippen molar-refractivity contribution in [1.29, 1.82) is 0 Å². The monoisotopic (exact) mass is 461 g/mol. The minimum absolute atomic E-state index is 0.188.